The number of halogens is 2. The minimum absolute atomic E-state index is 0.0167. The second-order valence-corrected chi connectivity index (χ2v) is 8.40. The fourth-order valence-corrected chi connectivity index (χ4v) is 4.26. The molecule has 0 N–H and O–H groups in total. The lowest BCUT2D eigenvalue weighted by molar-refractivity contribution is 0.102. The van der Waals surface area contributed by atoms with E-state index in [0.29, 0.717) is 28.1 Å². The number of carbonyl (C=O) groups excluding carboxylic acids is 1. The average Bonchev–Trinajstić information content (AvgIpc) is 3.38. The van der Waals surface area contributed by atoms with Crippen molar-refractivity contribution in [1.29, 1.82) is 0 Å². The van der Waals surface area contributed by atoms with E-state index >= 15 is 0 Å². The largest absolute Gasteiger partial charge is 0.467 e. The van der Waals surface area contributed by atoms with Gasteiger partial charge in [-0.25, -0.2) is 0 Å². The van der Waals surface area contributed by atoms with Crippen LogP contribution in [0.15, 0.2) is 81.0 Å². The minimum atomic E-state index is 0.0167. The summed E-state index contributed by atoms with van der Waals surface area (Å²) in [6, 6.07) is 18.5. The Balaban J connectivity index is 1.61. The summed E-state index contributed by atoms with van der Waals surface area (Å²) in [5.74, 6) is 1.73. The number of aromatic nitrogens is 3. The molecule has 146 valence electrons. The Morgan fingerprint density at radius 2 is 1.86 bits per heavy atom. The van der Waals surface area contributed by atoms with Crippen molar-refractivity contribution in [2.24, 2.45) is 0 Å². The van der Waals surface area contributed by atoms with Crippen LogP contribution < -0.4 is 0 Å². The fraction of sp³-hybridized carbons (Fsp3) is 0.0952. The molecule has 0 atom stereocenters. The Morgan fingerprint density at radius 1 is 1.07 bits per heavy atom. The molecule has 4 aromatic rings. The molecule has 5 nitrogen and oxygen atoms in total. The number of ketones is 1. The Bertz CT molecular complexity index is 1130. The van der Waals surface area contributed by atoms with Crippen molar-refractivity contribution in [2.75, 3.05) is 5.75 Å². The van der Waals surface area contributed by atoms with Crippen LogP contribution in [0.25, 0.3) is 11.4 Å². The van der Waals surface area contributed by atoms with E-state index in [2.05, 4.69) is 26.1 Å². The number of carbonyl (C=O) groups is 1. The van der Waals surface area contributed by atoms with Gasteiger partial charge in [0.1, 0.15) is 5.76 Å². The summed E-state index contributed by atoms with van der Waals surface area (Å²) in [6.07, 6.45) is 1.63. The van der Waals surface area contributed by atoms with Gasteiger partial charge in [-0.15, -0.1) is 10.2 Å². The summed E-state index contributed by atoms with van der Waals surface area (Å²) in [4.78, 5) is 12.6. The summed E-state index contributed by atoms with van der Waals surface area (Å²) in [6.45, 7) is 0.462. The highest BCUT2D eigenvalue weighted by molar-refractivity contribution is 9.10. The van der Waals surface area contributed by atoms with E-state index in [4.69, 9.17) is 16.0 Å². The molecule has 0 aliphatic rings. The third-order valence-corrected chi connectivity index (χ3v) is 6.13. The number of hydrogen-bond donors (Lipinski definition) is 0. The van der Waals surface area contributed by atoms with Crippen LogP contribution >= 0.6 is 39.3 Å². The van der Waals surface area contributed by atoms with E-state index in [0.717, 1.165) is 15.8 Å². The molecule has 0 aliphatic heterocycles. The molecule has 4 rings (SSSR count). The second-order valence-electron chi connectivity index (χ2n) is 6.17. The van der Waals surface area contributed by atoms with E-state index in [9.17, 15) is 4.79 Å². The van der Waals surface area contributed by atoms with Gasteiger partial charge in [-0.1, -0.05) is 57.5 Å². The van der Waals surface area contributed by atoms with Crippen LogP contribution in [-0.4, -0.2) is 26.3 Å². The highest BCUT2D eigenvalue weighted by Crippen LogP contribution is 2.27. The Morgan fingerprint density at radius 3 is 2.59 bits per heavy atom. The molecule has 0 spiro atoms. The molecule has 2 aromatic carbocycles. The zero-order valence-corrected chi connectivity index (χ0v) is 18.2. The monoisotopic (exact) mass is 487 g/mol. The molecule has 0 bridgehead atoms. The van der Waals surface area contributed by atoms with E-state index < -0.39 is 0 Å². The van der Waals surface area contributed by atoms with Crippen LogP contribution in [-0.2, 0) is 6.54 Å². The smallest absolute Gasteiger partial charge is 0.192 e. The normalized spacial score (nSPS) is 11.0. The van der Waals surface area contributed by atoms with Crippen molar-refractivity contribution < 1.29 is 9.21 Å². The summed E-state index contributed by atoms with van der Waals surface area (Å²) in [7, 11) is 0. The van der Waals surface area contributed by atoms with Gasteiger partial charge in [0.2, 0.25) is 0 Å². The van der Waals surface area contributed by atoms with Crippen molar-refractivity contribution in [1.82, 2.24) is 14.8 Å². The molecule has 0 unspecified atom stereocenters. The van der Waals surface area contributed by atoms with Gasteiger partial charge in [-0.05, 0) is 42.5 Å². The standard InChI is InChI=1S/C21H15BrClN3O2S/c22-18-6-2-1-5-17(18)19(27)13-29-21-25-24-20(14-7-9-15(23)10-8-14)26(21)12-16-4-3-11-28-16/h1-11H,12-13H2. The summed E-state index contributed by atoms with van der Waals surface area (Å²) in [5, 5.41) is 9.97. The Kier molecular flexibility index (Phi) is 6.18. The van der Waals surface area contributed by atoms with Crippen molar-refractivity contribution in [3.05, 3.63) is 87.7 Å². The van der Waals surface area contributed by atoms with E-state index in [1.807, 2.05) is 59.2 Å². The van der Waals surface area contributed by atoms with Crippen molar-refractivity contribution in [3.8, 4) is 11.4 Å². The number of benzene rings is 2. The number of rotatable bonds is 7. The lowest BCUT2D eigenvalue weighted by atomic mass is 10.1. The van der Waals surface area contributed by atoms with E-state index in [1.54, 1.807) is 12.3 Å². The minimum Gasteiger partial charge on any atom is -0.467 e. The maximum absolute atomic E-state index is 12.6. The number of nitrogens with zero attached hydrogens (tertiary/aromatic N) is 3. The van der Waals surface area contributed by atoms with Crippen LogP contribution in [0.3, 0.4) is 0 Å². The van der Waals surface area contributed by atoms with Crippen molar-refractivity contribution >= 4 is 45.1 Å². The zero-order chi connectivity index (χ0) is 20.2. The number of hydrogen-bond acceptors (Lipinski definition) is 5. The molecule has 8 heteroatoms. The van der Waals surface area contributed by atoms with Gasteiger partial charge in [0, 0.05) is 20.6 Å². The third kappa shape index (κ3) is 4.63. The first-order chi connectivity index (χ1) is 14.1. The van der Waals surface area contributed by atoms with Crippen LogP contribution in [0.1, 0.15) is 16.1 Å². The molecule has 29 heavy (non-hydrogen) atoms. The molecule has 0 saturated heterocycles. The van der Waals surface area contributed by atoms with Crippen LogP contribution in [0, 0.1) is 0 Å². The zero-order valence-electron chi connectivity index (χ0n) is 15.1. The quantitative estimate of drug-likeness (QED) is 0.237. The van der Waals surface area contributed by atoms with Gasteiger partial charge >= 0.3 is 0 Å². The predicted molar refractivity (Wildman–Crippen MR) is 117 cm³/mol. The summed E-state index contributed by atoms with van der Waals surface area (Å²) >= 11 is 10.8. The van der Waals surface area contributed by atoms with Gasteiger partial charge in [-0.2, -0.15) is 0 Å². The molecular weight excluding hydrogens is 474 g/mol. The van der Waals surface area contributed by atoms with Gasteiger partial charge in [0.05, 0.1) is 18.6 Å². The van der Waals surface area contributed by atoms with Gasteiger partial charge in [0.15, 0.2) is 16.8 Å². The van der Waals surface area contributed by atoms with Crippen LogP contribution in [0.4, 0.5) is 0 Å². The highest BCUT2D eigenvalue weighted by Gasteiger charge is 2.18. The highest BCUT2D eigenvalue weighted by atomic mass is 79.9. The number of furan rings is 1. The number of Topliss-reactive ketones (excluding diaryl/α,β-unsaturated/α-hetero) is 1. The predicted octanol–water partition coefficient (Wildman–Crippen LogP) is 5.98. The molecule has 0 amide bonds. The molecule has 0 fully saturated rings. The molecule has 0 saturated carbocycles. The van der Waals surface area contributed by atoms with Crippen LogP contribution in [0.2, 0.25) is 5.02 Å². The maximum atomic E-state index is 12.6. The molecule has 0 radical (unpaired) electrons. The van der Waals surface area contributed by atoms with Gasteiger partial charge < -0.3 is 4.42 Å². The summed E-state index contributed by atoms with van der Waals surface area (Å²) < 4.78 is 8.23. The fourth-order valence-electron chi connectivity index (χ4n) is 2.80. The molecule has 2 aromatic heterocycles. The molecule has 0 aliphatic carbocycles. The van der Waals surface area contributed by atoms with Gasteiger partial charge in [0.25, 0.3) is 0 Å². The van der Waals surface area contributed by atoms with Crippen molar-refractivity contribution in [3.63, 3.8) is 0 Å². The maximum Gasteiger partial charge on any atom is 0.192 e. The SMILES string of the molecule is O=C(CSc1nnc(-c2ccc(Cl)cc2)n1Cc1ccco1)c1ccccc1Br. The lowest BCUT2D eigenvalue weighted by Gasteiger charge is -2.09. The Labute approximate surface area is 185 Å². The summed E-state index contributed by atoms with van der Waals surface area (Å²) in [5.41, 5.74) is 1.53. The van der Waals surface area contributed by atoms with Gasteiger partial charge in [-0.3, -0.25) is 9.36 Å². The molecule has 2 heterocycles. The van der Waals surface area contributed by atoms with Crippen LogP contribution in [0.5, 0.6) is 0 Å². The number of thioether (sulfide) groups is 1. The third-order valence-electron chi connectivity index (χ3n) is 4.22. The second kappa shape index (κ2) is 8.98. The Hall–Kier alpha value is -2.35. The van der Waals surface area contributed by atoms with E-state index in [1.165, 1.54) is 11.8 Å². The van der Waals surface area contributed by atoms with Crippen molar-refractivity contribution in [2.45, 2.75) is 11.7 Å². The first kappa shape index (κ1) is 19.9. The lowest BCUT2D eigenvalue weighted by Crippen LogP contribution is -2.07. The first-order valence-electron chi connectivity index (χ1n) is 8.74. The topological polar surface area (TPSA) is 60.9 Å². The van der Waals surface area contributed by atoms with E-state index in [-0.39, 0.29) is 11.5 Å². The molecular formula is C21H15BrClN3O2S. The first-order valence-corrected chi connectivity index (χ1v) is 10.9. The average molecular weight is 489 g/mol.